The summed E-state index contributed by atoms with van der Waals surface area (Å²) in [5.74, 6) is 0.677. The summed E-state index contributed by atoms with van der Waals surface area (Å²) in [5, 5.41) is 13.7. The van der Waals surface area contributed by atoms with Crippen LogP contribution in [0.25, 0.3) is 23.2 Å². The molecule has 0 aliphatic rings. The SMILES string of the molecule is CC(/C=N/NC(=O)CSc1nnc(-c2ccc(C(C)(C)C)cc2)n1-c1ccc(C)cc1)=C\c1ccccc1. The second-order valence-corrected chi connectivity index (χ2v) is 11.1. The molecule has 0 saturated heterocycles. The molecule has 0 aliphatic heterocycles. The Kier molecular flexibility index (Phi) is 8.59. The quantitative estimate of drug-likeness (QED) is 0.156. The number of thioether (sulfide) groups is 1. The van der Waals surface area contributed by atoms with E-state index >= 15 is 0 Å². The number of hydrogen-bond donors (Lipinski definition) is 1. The maximum Gasteiger partial charge on any atom is 0.250 e. The summed E-state index contributed by atoms with van der Waals surface area (Å²) in [6, 6.07) is 26.6. The molecule has 0 spiro atoms. The van der Waals surface area contributed by atoms with Crippen molar-refractivity contribution in [2.24, 2.45) is 5.10 Å². The fraction of sp³-hybridized carbons (Fsp3) is 0.226. The van der Waals surface area contributed by atoms with Gasteiger partial charge in [0.2, 0.25) is 0 Å². The number of amides is 1. The minimum Gasteiger partial charge on any atom is -0.272 e. The van der Waals surface area contributed by atoms with E-state index in [0.29, 0.717) is 5.16 Å². The van der Waals surface area contributed by atoms with E-state index in [1.54, 1.807) is 6.21 Å². The van der Waals surface area contributed by atoms with E-state index in [2.05, 4.69) is 84.8 Å². The van der Waals surface area contributed by atoms with Crippen molar-refractivity contribution >= 4 is 30.0 Å². The van der Waals surface area contributed by atoms with Crippen LogP contribution in [0.2, 0.25) is 0 Å². The predicted molar refractivity (Wildman–Crippen MR) is 158 cm³/mol. The summed E-state index contributed by atoms with van der Waals surface area (Å²) in [5.41, 5.74) is 9.02. The second-order valence-electron chi connectivity index (χ2n) is 10.2. The summed E-state index contributed by atoms with van der Waals surface area (Å²) in [7, 11) is 0. The van der Waals surface area contributed by atoms with Gasteiger partial charge in [-0.05, 0) is 48.1 Å². The lowest BCUT2D eigenvalue weighted by Gasteiger charge is -2.19. The van der Waals surface area contributed by atoms with E-state index < -0.39 is 0 Å². The second kappa shape index (κ2) is 12.0. The first-order chi connectivity index (χ1) is 18.2. The van der Waals surface area contributed by atoms with Gasteiger partial charge in [0, 0.05) is 11.3 Å². The Labute approximate surface area is 228 Å². The molecule has 1 aromatic heterocycles. The minimum atomic E-state index is -0.215. The topological polar surface area (TPSA) is 72.2 Å². The molecule has 0 atom stereocenters. The molecule has 7 heteroatoms. The number of allylic oxidation sites excluding steroid dienone is 1. The van der Waals surface area contributed by atoms with Gasteiger partial charge in [0.15, 0.2) is 11.0 Å². The van der Waals surface area contributed by atoms with E-state index in [4.69, 9.17) is 0 Å². The number of carbonyl (C=O) groups excluding carboxylic acids is 1. The molecule has 1 N–H and O–H groups in total. The number of nitrogens with zero attached hydrogens (tertiary/aromatic N) is 4. The summed E-state index contributed by atoms with van der Waals surface area (Å²) in [6.07, 6.45) is 3.65. The third kappa shape index (κ3) is 7.07. The van der Waals surface area contributed by atoms with Crippen molar-refractivity contribution in [1.29, 1.82) is 0 Å². The van der Waals surface area contributed by atoms with Crippen LogP contribution in [0.3, 0.4) is 0 Å². The van der Waals surface area contributed by atoms with Crippen LogP contribution in [0.5, 0.6) is 0 Å². The number of carbonyl (C=O) groups is 1. The zero-order valence-electron chi connectivity index (χ0n) is 22.5. The number of aryl methyl sites for hydroxylation is 1. The molecular formula is C31H33N5OS. The monoisotopic (exact) mass is 523 g/mol. The Morgan fingerprint density at radius 3 is 2.32 bits per heavy atom. The molecule has 0 bridgehead atoms. The number of nitrogens with one attached hydrogen (secondary N) is 1. The van der Waals surface area contributed by atoms with Crippen LogP contribution in [0.15, 0.2) is 94.7 Å². The van der Waals surface area contributed by atoms with Crippen LogP contribution in [0.1, 0.15) is 44.4 Å². The average molecular weight is 524 g/mol. The Bertz CT molecular complexity index is 1430. The molecule has 38 heavy (non-hydrogen) atoms. The molecular weight excluding hydrogens is 490 g/mol. The molecule has 0 aliphatic carbocycles. The highest BCUT2D eigenvalue weighted by molar-refractivity contribution is 7.99. The van der Waals surface area contributed by atoms with Crippen LogP contribution in [0, 0.1) is 6.92 Å². The van der Waals surface area contributed by atoms with Gasteiger partial charge in [-0.2, -0.15) is 5.10 Å². The van der Waals surface area contributed by atoms with Crippen LogP contribution in [-0.2, 0) is 10.2 Å². The van der Waals surface area contributed by atoms with Crippen LogP contribution >= 0.6 is 11.8 Å². The number of aromatic nitrogens is 3. The maximum absolute atomic E-state index is 12.5. The summed E-state index contributed by atoms with van der Waals surface area (Å²) >= 11 is 1.33. The van der Waals surface area contributed by atoms with Crippen molar-refractivity contribution in [2.45, 2.75) is 45.2 Å². The molecule has 4 aromatic rings. The summed E-state index contributed by atoms with van der Waals surface area (Å²) in [4.78, 5) is 12.5. The van der Waals surface area contributed by atoms with Gasteiger partial charge in [-0.1, -0.05) is 111 Å². The van der Waals surface area contributed by atoms with Crippen molar-refractivity contribution in [3.05, 3.63) is 101 Å². The van der Waals surface area contributed by atoms with Crippen molar-refractivity contribution in [3.8, 4) is 17.1 Å². The third-order valence-electron chi connectivity index (χ3n) is 5.92. The molecule has 0 saturated carbocycles. The minimum absolute atomic E-state index is 0.0654. The van der Waals surface area contributed by atoms with Gasteiger partial charge in [0.05, 0.1) is 12.0 Å². The van der Waals surface area contributed by atoms with Crippen molar-refractivity contribution < 1.29 is 4.79 Å². The molecule has 6 nitrogen and oxygen atoms in total. The molecule has 0 radical (unpaired) electrons. The highest BCUT2D eigenvalue weighted by Crippen LogP contribution is 2.30. The lowest BCUT2D eigenvalue weighted by molar-refractivity contribution is -0.118. The molecule has 0 unspecified atom stereocenters. The van der Waals surface area contributed by atoms with E-state index in [0.717, 1.165) is 28.2 Å². The average Bonchev–Trinajstić information content (AvgIpc) is 3.32. The highest BCUT2D eigenvalue weighted by atomic mass is 32.2. The molecule has 194 valence electrons. The Hall–Kier alpha value is -3.97. The van der Waals surface area contributed by atoms with Gasteiger partial charge in [0.25, 0.3) is 5.91 Å². The van der Waals surface area contributed by atoms with E-state index in [1.165, 1.54) is 22.9 Å². The van der Waals surface area contributed by atoms with E-state index in [-0.39, 0.29) is 17.1 Å². The highest BCUT2D eigenvalue weighted by Gasteiger charge is 2.19. The number of hydrazone groups is 1. The first kappa shape index (κ1) is 27.1. The smallest absolute Gasteiger partial charge is 0.250 e. The van der Waals surface area contributed by atoms with Gasteiger partial charge in [-0.3, -0.25) is 9.36 Å². The number of hydrogen-bond acceptors (Lipinski definition) is 5. The Balaban J connectivity index is 1.50. The fourth-order valence-electron chi connectivity index (χ4n) is 3.81. The lowest BCUT2D eigenvalue weighted by Crippen LogP contribution is -2.20. The first-order valence-electron chi connectivity index (χ1n) is 12.5. The van der Waals surface area contributed by atoms with Gasteiger partial charge < -0.3 is 0 Å². The number of rotatable bonds is 8. The Morgan fingerprint density at radius 1 is 0.974 bits per heavy atom. The molecule has 3 aromatic carbocycles. The largest absolute Gasteiger partial charge is 0.272 e. The van der Waals surface area contributed by atoms with Crippen molar-refractivity contribution in [1.82, 2.24) is 20.2 Å². The summed E-state index contributed by atoms with van der Waals surface area (Å²) in [6.45, 7) is 10.6. The molecule has 0 fully saturated rings. The van der Waals surface area contributed by atoms with Gasteiger partial charge >= 0.3 is 0 Å². The standard InChI is InChI=1S/C31H33N5OS/c1-22-11-17-27(18-12-22)36-29(25-13-15-26(16-14-25)31(3,4)5)34-35-30(36)38-21-28(37)33-32-20-23(2)19-24-9-7-6-8-10-24/h6-20H,21H2,1-5H3,(H,33,37)/b23-19+,32-20+. The van der Waals surface area contributed by atoms with Gasteiger partial charge in [-0.15, -0.1) is 10.2 Å². The van der Waals surface area contributed by atoms with Crippen LogP contribution < -0.4 is 5.43 Å². The summed E-state index contributed by atoms with van der Waals surface area (Å²) < 4.78 is 2.00. The van der Waals surface area contributed by atoms with E-state index in [1.807, 2.05) is 60.0 Å². The molecule has 1 heterocycles. The fourth-order valence-corrected chi connectivity index (χ4v) is 4.56. The molecule has 4 rings (SSSR count). The van der Waals surface area contributed by atoms with Crippen molar-refractivity contribution in [2.75, 3.05) is 5.75 Å². The van der Waals surface area contributed by atoms with Gasteiger partial charge in [-0.25, -0.2) is 5.43 Å². The number of benzene rings is 3. The van der Waals surface area contributed by atoms with Crippen molar-refractivity contribution in [3.63, 3.8) is 0 Å². The van der Waals surface area contributed by atoms with Crippen LogP contribution in [0.4, 0.5) is 0 Å². The lowest BCUT2D eigenvalue weighted by atomic mass is 9.87. The normalized spacial score (nSPS) is 12.2. The maximum atomic E-state index is 12.5. The first-order valence-corrected chi connectivity index (χ1v) is 13.5. The predicted octanol–water partition coefficient (Wildman–Crippen LogP) is 6.84. The zero-order chi connectivity index (χ0) is 27.1. The molecule has 1 amide bonds. The van der Waals surface area contributed by atoms with Gasteiger partial charge in [0.1, 0.15) is 0 Å². The van der Waals surface area contributed by atoms with E-state index in [9.17, 15) is 4.79 Å². The Morgan fingerprint density at radius 2 is 1.66 bits per heavy atom. The zero-order valence-corrected chi connectivity index (χ0v) is 23.3. The van der Waals surface area contributed by atoms with Crippen LogP contribution in [-0.4, -0.2) is 32.6 Å². The third-order valence-corrected chi connectivity index (χ3v) is 6.85.